The molecule has 0 aliphatic carbocycles. The molecule has 1 rings (SSSR count). The lowest BCUT2D eigenvalue weighted by Crippen LogP contribution is -2.47. The predicted molar refractivity (Wildman–Crippen MR) is 73.7 cm³/mol. The number of nitrogens with zero attached hydrogens (tertiary/aromatic N) is 1. The van der Waals surface area contributed by atoms with Crippen LogP contribution in [0.1, 0.15) is 5.56 Å². The van der Waals surface area contributed by atoms with Gasteiger partial charge in [0.05, 0.1) is 19.3 Å². The lowest BCUT2D eigenvalue weighted by Gasteiger charge is -2.24. The molecule has 0 aliphatic rings. The van der Waals surface area contributed by atoms with E-state index in [2.05, 4.69) is 0 Å². The molecule has 1 amide bonds. The van der Waals surface area contributed by atoms with Crippen LogP contribution in [0.15, 0.2) is 30.3 Å². The van der Waals surface area contributed by atoms with E-state index < -0.39 is 6.04 Å². The van der Waals surface area contributed by atoms with Gasteiger partial charge in [0.15, 0.2) is 0 Å². The fourth-order valence-corrected chi connectivity index (χ4v) is 1.84. The summed E-state index contributed by atoms with van der Waals surface area (Å²) in [5.74, 6) is -0.157. The predicted octanol–water partition coefficient (Wildman–Crippen LogP) is 0.0237. The van der Waals surface area contributed by atoms with Gasteiger partial charge in [0, 0.05) is 20.2 Å². The van der Waals surface area contributed by atoms with Crippen molar-refractivity contribution >= 4 is 5.91 Å². The van der Waals surface area contributed by atoms with Crippen LogP contribution in [0, 0.1) is 0 Å². The van der Waals surface area contributed by atoms with Crippen LogP contribution in [0.5, 0.6) is 0 Å². The second-order valence-electron chi connectivity index (χ2n) is 4.34. The Morgan fingerprint density at radius 2 is 2.05 bits per heavy atom. The Labute approximate surface area is 114 Å². The third-order valence-corrected chi connectivity index (χ3v) is 2.86. The highest BCUT2D eigenvalue weighted by Gasteiger charge is 2.20. The van der Waals surface area contributed by atoms with Gasteiger partial charge in [-0.1, -0.05) is 30.3 Å². The first-order valence-corrected chi connectivity index (χ1v) is 6.37. The van der Waals surface area contributed by atoms with Crippen LogP contribution in [0.4, 0.5) is 0 Å². The highest BCUT2D eigenvalue weighted by molar-refractivity contribution is 5.82. The smallest absolute Gasteiger partial charge is 0.239 e. The lowest BCUT2D eigenvalue weighted by atomic mass is 10.1. The molecular formula is C14H22N2O3. The summed E-state index contributed by atoms with van der Waals surface area (Å²) in [6.07, 6.45) is 0.495. The molecule has 19 heavy (non-hydrogen) atoms. The number of benzene rings is 1. The number of hydrogen-bond acceptors (Lipinski definition) is 4. The average molecular weight is 266 g/mol. The summed E-state index contributed by atoms with van der Waals surface area (Å²) >= 11 is 0. The number of aliphatic hydroxyl groups excluding tert-OH is 1. The van der Waals surface area contributed by atoms with Crippen molar-refractivity contribution < 1.29 is 14.6 Å². The van der Waals surface area contributed by atoms with Gasteiger partial charge in [-0.25, -0.2) is 0 Å². The van der Waals surface area contributed by atoms with Crippen LogP contribution in [-0.2, 0) is 16.0 Å². The number of carbonyl (C=O) groups is 1. The van der Waals surface area contributed by atoms with Crippen molar-refractivity contribution in [3.63, 3.8) is 0 Å². The molecule has 1 aromatic carbocycles. The Bertz CT molecular complexity index is 370. The first-order valence-electron chi connectivity index (χ1n) is 6.37. The molecule has 0 saturated heterocycles. The van der Waals surface area contributed by atoms with Crippen LogP contribution < -0.4 is 5.73 Å². The van der Waals surface area contributed by atoms with Gasteiger partial charge in [0.2, 0.25) is 5.91 Å². The summed E-state index contributed by atoms with van der Waals surface area (Å²) in [5, 5.41) is 8.98. The van der Waals surface area contributed by atoms with Gasteiger partial charge in [-0.15, -0.1) is 0 Å². The summed E-state index contributed by atoms with van der Waals surface area (Å²) in [4.78, 5) is 13.7. The molecule has 0 unspecified atom stereocenters. The minimum Gasteiger partial charge on any atom is -0.395 e. The fourth-order valence-electron chi connectivity index (χ4n) is 1.84. The molecule has 0 radical (unpaired) electrons. The van der Waals surface area contributed by atoms with Crippen molar-refractivity contribution in [3.8, 4) is 0 Å². The van der Waals surface area contributed by atoms with Crippen molar-refractivity contribution in [1.29, 1.82) is 0 Å². The zero-order chi connectivity index (χ0) is 14.1. The molecule has 0 fully saturated rings. The van der Waals surface area contributed by atoms with E-state index in [4.69, 9.17) is 15.6 Å². The summed E-state index contributed by atoms with van der Waals surface area (Å²) in [5.41, 5.74) is 6.97. The van der Waals surface area contributed by atoms with E-state index in [0.717, 1.165) is 5.56 Å². The van der Waals surface area contributed by atoms with Crippen molar-refractivity contribution in [2.75, 3.05) is 33.4 Å². The van der Waals surface area contributed by atoms with Crippen molar-refractivity contribution in [2.45, 2.75) is 12.5 Å². The first kappa shape index (κ1) is 15.6. The number of methoxy groups -OCH3 is 1. The SMILES string of the molecule is COCCN(CCO)C(=O)[C@@H](N)Cc1ccccc1. The lowest BCUT2D eigenvalue weighted by molar-refractivity contribution is -0.133. The monoisotopic (exact) mass is 266 g/mol. The molecule has 0 bridgehead atoms. The van der Waals surface area contributed by atoms with Gasteiger partial charge in [0.1, 0.15) is 0 Å². The van der Waals surface area contributed by atoms with E-state index in [9.17, 15) is 4.79 Å². The third kappa shape index (κ3) is 5.38. The zero-order valence-electron chi connectivity index (χ0n) is 11.3. The maximum Gasteiger partial charge on any atom is 0.239 e. The molecule has 3 N–H and O–H groups in total. The molecule has 0 heterocycles. The zero-order valence-corrected chi connectivity index (χ0v) is 11.3. The van der Waals surface area contributed by atoms with E-state index >= 15 is 0 Å². The number of amides is 1. The van der Waals surface area contributed by atoms with E-state index in [0.29, 0.717) is 19.6 Å². The molecule has 106 valence electrons. The number of hydrogen-bond donors (Lipinski definition) is 2. The molecule has 5 nitrogen and oxygen atoms in total. The van der Waals surface area contributed by atoms with Crippen LogP contribution >= 0.6 is 0 Å². The van der Waals surface area contributed by atoms with Crippen LogP contribution in [-0.4, -0.2) is 55.4 Å². The van der Waals surface area contributed by atoms with Crippen LogP contribution in [0.3, 0.4) is 0 Å². The standard InChI is InChI=1S/C14H22N2O3/c1-19-10-8-16(7-9-17)14(18)13(15)11-12-5-3-2-4-6-12/h2-6,13,17H,7-11,15H2,1H3/t13-/m0/s1. The maximum atomic E-state index is 12.2. The van der Waals surface area contributed by atoms with Gasteiger partial charge >= 0.3 is 0 Å². The van der Waals surface area contributed by atoms with Gasteiger partial charge in [-0.05, 0) is 12.0 Å². The van der Waals surface area contributed by atoms with Crippen molar-refractivity contribution in [3.05, 3.63) is 35.9 Å². The largest absolute Gasteiger partial charge is 0.395 e. The summed E-state index contributed by atoms with van der Waals surface area (Å²) < 4.78 is 4.95. The molecule has 1 atom stereocenters. The van der Waals surface area contributed by atoms with Gasteiger partial charge < -0.3 is 20.5 Å². The fraction of sp³-hybridized carbons (Fsp3) is 0.500. The minimum absolute atomic E-state index is 0.0759. The molecule has 0 aliphatic heterocycles. The van der Waals surface area contributed by atoms with Gasteiger partial charge in [-0.2, -0.15) is 0 Å². The normalized spacial score (nSPS) is 12.2. The number of ether oxygens (including phenoxy) is 1. The van der Waals surface area contributed by atoms with Gasteiger partial charge in [0.25, 0.3) is 0 Å². The number of nitrogens with two attached hydrogens (primary N) is 1. The Morgan fingerprint density at radius 3 is 2.63 bits per heavy atom. The second-order valence-corrected chi connectivity index (χ2v) is 4.34. The highest BCUT2D eigenvalue weighted by atomic mass is 16.5. The first-order chi connectivity index (χ1) is 9.19. The van der Waals surface area contributed by atoms with E-state index in [1.165, 1.54) is 4.90 Å². The molecular weight excluding hydrogens is 244 g/mol. The summed E-state index contributed by atoms with van der Waals surface area (Å²) in [6.45, 7) is 1.08. The molecule has 5 heteroatoms. The van der Waals surface area contributed by atoms with Crippen molar-refractivity contribution in [1.82, 2.24) is 4.90 Å². The Morgan fingerprint density at radius 1 is 1.37 bits per heavy atom. The topological polar surface area (TPSA) is 75.8 Å². The quantitative estimate of drug-likeness (QED) is 0.696. The minimum atomic E-state index is -0.592. The second kappa shape index (κ2) is 8.63. The summed E-state index contributed by atoms with van der Waals surface area (Å²) in [7, 11) is 1.57. The van der Waals surface area contributed by atoms with E-state index in [1.54, 1.807) is 7.11 Å². The van der Waals surface area contributed by atoms with Crippen LogP contribution in [0.2, 0.25) is 0 Å². The highest BCUT2D eigenvalue weighted by Crippen LogP contribution is 2.04. The maximum absolute atomic E-state index is 12.2. The van der Waals surface area contributed by atoms with E-state index in [-0.39, 0.29) is 19.1 Å². The van der Waals surface area contributed by atoms with E-state index in [1.807, 2.05) is 30.3 Å². The molecule has 1 aromatic rings. The third-order valence-electron chi connectivity index (χ3n) is 2.86. The van der Waals surface area contributed by atoms with Crippen LogP contribution in [0.25, 0.3) is 0 Å². The molecule has 0 spiro atoms. The molecule has 0 saturated carbocycles. The van der Waals surface area contributed by atoms with Gasteiger partial charge in [-0.3, -0.25) is 4.79 Å². The van der Waals surface area contributed by atoms with Crippen molar-refractivity contribution in [2.24, 2.45) is 5.73 Å². The number of carbonyl (C=O) groups excluding carboxylic acids is 1. The average Bonchev–Trinajstić information content (AvgIpc) is 2.43. The molecule has 0 aromatic heterocycles. The summed E-state index contributed by atoms with van der Waals surface area (Å²) in [6, 6.07) is 9.06. The number of aliphatic hydroxyl groups is 1. The Kier molecular flexibility index (Phi) is 7.10. The number of rotatable bonds is 8. The Balaban J connectivity index is 2.57. The Hall–Kier alpha value is -1.43.